The molecule has 1 aromatic heterocycles. The van der Waals surface area contributed by atoms with Crippen molar-refractivity contribution in [3.8, 4) is 0 Å². The van der Waals surface area contributed by atoms with Crippen LogP contribution in [0.25, 0.3) is 10.2 Å². The number of hydrogen-bond donors (Lipinski definition) is 0. The van der Waals surface area contributed by atoms with Crippen LogP contribution in [0.1, 0.15) is 5.01 Å². The summed E-state index contributed by atoms with van der Waals surface area (Å²) in [5.41, 5.74) is 0.278. The van der Waals surface area contributed by atoms with Crippen molar-refractivity contribution in [2.24, 2.45) is 0 Å². The van der Waals surface area contributed by atoms with Gasteiger partial charge in [-0.15, -0.1) is 11.3 Å². The van der Waals surface area contributed by atoms with Crippen LogP contribution in [0.15, 0.2) is 18.2 Å². The molecule has 0 aliphatic heterocycles. The van der Waals surface area contributed by atoms with Crippen molar-refractivity contribution >= 4 is 21.6 Å². The fourth-order valence-electron chi connectivity index (χ4n) is 0.932. The van der Waals surface area contributed by atoms with Gasteiger partial charge in [-0.05, 0) is 6.07 Å². The molecule has 1 aromatic carbocycles. The van der Waals surface area contributed by atoms with Crippen molar-refractivity contribution in [1.29, 1.82) is 0 Å². The molecule has 67 valence electrons. The Balaban J connectivity index is 2.63. The Labute approximate surface area is 75.8 Å². The summed E-state index contributed by atoms with van der Waals surface area (Å²) >= 11 is 0.637. The van der Waals surface area contributed by atoms with E-state index in [2.05, 4.69) is 11.1 Å². The van der Waals surface area contributed by atoms with E-state index in [4.69, 9.17) is 0 Å². The monoisotopic (exact) mass is 202 g/mol. The van der Waals surface area contributed by atoms with Crippen LogP contribution in [-0.4, -0.2) is 4.98 Å². The van der Waals surface area contributed by atoms with E-state index >= 15 is 0 Å². The van der Waals surface area contributed by atoms with Gasteiger partial charge in [0.15, 0.2) is 5.01 Å². The maximum atomic E-state index is 12.2. The third-order valence-electron chi connectivity index (χ3n) is 1.46. The molecule has 2 aromatic rings. The summed E-state index contributed by atoms with van der Waals surface area (Å²) in [5, 5.41) is -0.815. The zero-order chi connectivity index (χ0) is 9.47. The predicted octanol–water partition coefficient (Wildman–Crippen LogP) is 3.12. The van der Waals surface area contributed by atoms with Gasteiger partial charge in [-0.2, -0.15) is 13.2 Å². The van der Waals surface area contributed by atoms with Crippen LogP contribution in [-0.2, 0) is 6.18 Å². The van der Waals surface area contributed by atoms with E-state index in [1.54, 1.807) is 18.2 Å². The largest absolute Gasteiger partial charge is 0.443 e. The molecule has 1 heterocycles. The molecule has 2 rings (SSSR count). The molecular formula is C8H3F3NS. The third-order valence-corrected chi connectivity index (χ3v) is 2.53. The molecule has 0 aliphatic carbocycles. The lowest BCUT2D eigenvalue weighted by molar-refractivity contribution is -0.137. The van der Waals surface area contributed by atoms with Crippen LogP contribution in [0.2, 0.25) is 0 Å². The highest BCUT2D eigenvalue weighted by atomic mass is 32.1. The second-order valence-electron chi connectivity index (χ2n) is 2.40. The number of thiazole rings is 1. The highest BCUT2D eigenvalue weighted by Gasteiger charge is 2.34. The highest BCUT2D eigenvalue weighted by Crippen LogP contribution is 2.34. The molecule has 1 nitrogen and oxygen atoms in total. The number of aromatic nitrogens is 1. The molecule has 0 atom stereocenters. The SMILES string of the molecule is FC(F)(F)c1nc2[c]cccc2s1. The van der Waals surface area contributed by atoms with Crippen molar-refractivity contribution in [2.75, 3.05) is 0 Å². The van der Waals surface area contributed by atoms with Gasteiger partial charge in [-0.25, -0.2) is 4.98 Å². The molecule has 0 fully saturated rings. The van der Waals surface area contributed by atoms with Crippen LogP contribution >= 0.6 is 11.3 Å². The molecule has 1 radical (unpaired) electrons. The zero-order valence-electron chi connectivity index (χ0n) is 6.22. The first-order valence-corrected chi connectivity index (χ1v) is 4.23. The van der Waals surface area contributed by atoms with Crippen molar-refractivity contribution in [1.82, 2.24) is 4.98 Å². The maximum absolute atomic E-state index is 12.2. The lowest BCUT2D eigenvalue weighted by atomic mass is 10.3. The van der Waals surface area contributed by atoms with Gasteiger partial charge in [0.2, 0.25) is 0 Å². The molecular weight excluding hydrogens is 199 g/mol. The number of hydrogen-bond acceptors (Lipinski definition) is 2. The van der Waals surface area contributed by atoms with Gasteiger partial charge in [-0.1, -0.05) is 12.1 Å². The summed E-state index contributed by atoms with van der Waals surface area (Å²) in [6, 6.07) is 7.42. The molecule has 0 saturated heterocycles. The first kappa shape index (κ1) is 8.50. The van der Waals surface area contributed by atoms with E-state index in [1.165, 1.54) is 0 Å². The first-order chi connectivity index (χ1) is 6.07. The van der Waals surface area contributed by atoms with Gasteiger partial charge in [-0.3, -0.25) is 0 Å². The van der Waals surface area contributed by atoms with Crippen molar-refractivity contribution in [2.45, 2.75) is 6.18 Å². The van der Waals surface area contributed by atoms with Crippen LogP contribution in [0.5, 0.6) is 0 Å². The molecule has 0 aliphatic rings. The number of alkyl halides is 3. The summed E-state index contributed by atoms with van der Waals surface area (Å²) in [6.07, 6.45) is -4.35. The van der Waals surface area contributed by atoms with E-state index in [1.807, 2.05) is 0 Å². The number of benzene rings is 1. The fraction of sp³-hybridized carbons (Fsp3) is 0.125. The average molecular weight is 202 g/mol. The van der Waals surface area contributed by atoms with Gasteiger partial charge in [0.25, 0.3) is 0 Å². The van der Waals surface area contributed by atoms with E-state index in [0.29, 0.717) is 16.0 Å². The molecule has 0 unspecified atom stereocenters. The Bertz CT molecular complexity index is 399. The number of para-hydroxylation sites is 1. The molecule has 0 saturated carbocycles. The van der Waals surface area contributed by atoms with E-state index < -0.39 is 11.2 Å². The minimum Gasteiger partial charge on any atom is -0.231 e. The Morgan fingerprint density at radius 2 is 2.15 bits per heavy atom. The highest BCUT2D eigenvalue weighted by molar-refractivity contribution is 7.18. The Morgan fingerprint density at radius 3 is 2.77 bits per heavy atom. The van der Waals surface area contributed by atoms with Crippen molar-refractivity contribution in [3.63, 3.8) is 0 Å². The Kier molecular flexibility index (Phi) is 1.76. The maximum Gasteiger partial charge on any atom is 0.443 e. The Morgan fingerprint density at radius 1 is 1.38 bits per heavy atom. The van der Waals surface area contributed by atoms with E-state index in [9.17, 15) is 13.2 Å². The number of fused-ring (bicyclic) bond motifs is 1. The average Bonchev–Trinajstić information content (AvgIpc) is 2.45. The molecule has 0 spiro atoms. The summed E-state index contributed by atoms with van der Waals surface area (Å²) in [7, 11) is 0. The van der Waals surface area contributed by atoms with Crippen LogP contribution < -0.4 is 0 Å². The first-order valence-electron chi connectivity index (χ1n) is 3.42. The van der Waals surface area contributed by atoms with Crippen molar-refractivity contribution < 1.29 is 13.2 Å². The van der Waals surface area contributed by atoms with Gasteiger partial charge in [0.1, 0.15) is 0 Å². The van der Waals surface area contributed by atoms with Crippen LogP contribution in [0.3, 0.4) is 0 Å². The summed E-state index contributed by atoms with van der Waals surface area (Å²) < 4.78 is 37.0. The number of nitrogens with zero attached hydrogens (tertiary/aromatic N) is 1. The minimum atomic E-state index is -4.35. The van der Waals surface area contributed by atoms with Crippen LogP contribution in [0, 0.1) is 6.07 Å². The predicted molar refractivity (Wildman–Crippen MR) is 43.5 cm³/mol. The fourth-order valence-corrected chi connectivity index (χ4v) is 1.74. The zero-order valence-corrected chi connectivity index (χ0v) is 7.04. The van der Waals surface area contributed by atoms with Gasteiger partial charge < -0.3 is 0 Å². The number of halogens is 3. The standard InChI is InChI=1S/C8H3F3NS/c9-8(10,11)7-12-5-3-1-2-4-6(5)13-7/h1-2,4H. The van der Waals surface area contributed by atoms with Gasteiger partial charge in [0, 0.05) is 6.07 Å². The quantitative estimate of drug-likeness (QED) is 0.639. The van der Waals surface area contributed by atoms with Crippen molar-refractivity contribution in [3.05, 3.63) is 29.3 Å². The van der Waals surface area contributed by atoms with Gasteiger partial charge >= 0.3 is 6.18 Å². The van der Waals surface area contributed by atoms with E-state index in [0.717, 1.165) is 0 Å². The smallest absolute Gasteiger partial charge is 0.231 e. The molecule has 13 heavy (non-hydrogen) atoms. The number of rotatable bonds is 0. The van der Waals surface area contributed by atoms with Gasteiger partial charge in [0.05, 0.1) is 10.2 Å². The lowest BCUT2D eigenvalue weighted by Gasteiger charge is -1.98. The normalized spacial score (nSPS) is 12.2. The Hall–Kier alpha value is -1.10. The lowest BCUT2D eigenvalue weighted by Crippen LogP contribution is -2.03. The van der Waals surface area contributed by atoms with Crippen LogP contribution in [0.4, 0.5) is 13.2 Å². The topological polar surface area (TPSA) is 12.9 Å². The molecule has 0 N–H and O–H groups in total. The minimum absolute atomic E-state index is 0.278. The molecule has 0 amide bonds. The third kappa shape index (κ3) is 1.51. The summed E-state index contributed by atoms with van der Waals surface area (Å²) in [5.74, 6) is 0. The second kappa shape index (κ2) is 2.70. The van der Waals surface area contributed by atoms with E-state index in [-0.39, 0.29) is 5.52 Å². The molecule has 5 heteroatoms. The summed E-state index contributed by atoms with van der Waals surface area (Å²) in [4.78, 5) is 3.42. The molecule has 0 bridgehead atoms. The second-order valence-corrected chi connectivity index (χ2v) is 3.43. The summed E-state index contributed by atoms with van der Waals surface area (Å²) in [6.45, 7) is 0.